The molecule has 0 saturated heterocycles. The summed E-state index contributed by atoms with van der Waals surface area (Å²) in [7, 11) is 0. The zero-order chi connectivity index (χ0) is 21.9. The van der Waals surface area contributed by atoms with Crippen molar-refractivity contribution in [3.63, 3.8) is 0 Å². The van der Waals surface area contributed by atoms with Crippen LogP contribution in [0.4, 0.5) is 0 Å². The number of aromatic nitrogens is 1. The van der Waals surface area contributed by atoms with Crippen molar-refractivity contribution in [2.24, 2.45) is 5.41 Å². The van der Waals surface area contributed by atoms with Crippen LogP contribution >= 0.6 is 0 Å². The smallest absolute Gasteiger partial charge is 0.0610 e. The Morgan fingerprint density at radius 1 is 1.13 bits per heavy atom. The van der Waals surface area contributed by atoms with Crippen LogP contribution in [0.15, 0.2) is 91.1 Å². The first-order valence-corrected chi connectivity index (χ1v) is 10.7. The quantitative estimate of drug-likeness (QED) is 0.457. The molecule has 1 aliphatic rings. The number of para-hydroxylation sites is 1. The third-order valence-electron chi connectivity index (χ3n) is 5.96. The van der Waals surface area contributed by atoms with Crippen LogP contribution in [-0.4, -0.2) is 4.57 Å². The third kappa shape index (κ3) is 3.73. The second kappa shape index (κ2) is 8.75. The fraction of sp³-hybridized carbons (Fsp3) is 0.241. The van der Waals surface area contributed by atoms with E-state index in [4.69, 9.17) is 0 Å². The van der Waals surface area contributed by atoms with Crippen LogP contribution in [0, 0.1) is 5.41 Å². The van der Waals surface area contributed by atoms with E-state index in [1.54, 1.807) is 0 Å². The molecule has 0 radical (unpaired) electrons. The highest BCUT2D eigenvalue weighted by Gasteiger charge is 2.27. The fourth-order valence-corrected chi connectivity index (χ4v) is 4.37. The number of allylic oxidation sites excluding steroid dienone is 11. The molecule has 1 aromatic heterocycles. The number of benzene rings is 1. The topological polar surface area (TPSA) is 4.93 Å². The first-order chi connectivity index (χ1) is 14.4. The Balaban J connectivity index is 2.48. The molecular weight excluding hydrogens is 362 g/mol. The predicted molar refractivity (Wildman–Crippen MR) is 135 cm³/mol. The summed E-state index contributed by atoms with van der Waals surface area (Å²) in [6.45, 7) is 19.7. The van der Waals surface area contributed by atoms with Gasteiger partial charge in [-0.2, -0.15) is 0 Å². The molecule has 0 saturated carbocycles. The summed E-state index contributed by atoms with van der Waals surface area (Å²) in [6, 6.07) is 8.58. The van der Waals surface area contributed by atoms with E-state index in [1.165, 1.54) is 27.6 Å². The monoisotopic (exact) mass is 395 g/mol. The zero-order valence-electron chi connectivity index (χ0n) is 19.0. The Kier molecular flexibility index (Phi) is 6.31. The standard InChI is InChI=1S/C29H33N/c1-8-11-16-23(10-3)30-27-19-13-12-17-24(27)25-18-14-20-29(6,7)26(15-9-2)21(4)22(5)28(25)30/h8-19H,3,5,20H2,1-2,4,6-7H3/b11-8+,15-9-,18-14-,23-16+,26-21-. The summed E-state index contributed by atoms with van der Waals surface area (Å²) in [6.07, 6.45) is 18.1. The molecule has 1 nitrogen and oxygen atoms in total. The first-order valence-electron chi connectivity index (χ1n) is 10.7. The molecule has 0 atom stereocenters. The van der Waals surface area contributed by atoms with Gasteiger partial charge in [0.05, 0.1) is 11.2 Å². The normalized spacial score (nSPS) is 21.0. The van der Waals surface area contributed by atoms with Crippen LogP contribution in [0.5, 0.6) is 0 Å². The van der Waals surface area contributed by atoms with Gasteiger partial charge in [-0.05, 0) is 67.5 Å². The molecule has 154 valence electrons. The van der Waals surface area contributed by atoms with Crippen LogP contribution < -0.4 is 0 Å². The van der Waals surface area contributed by atoms with Crippen molar-refractivity contribution in [1.29, 1.82) is 0 Å². The lowest BCUT2D eigenvalue weighted by Gasteiger charge is -2.28. The molecule has 0 bridgehead atoms. The van der Waals surface area contributed by atoms with Gasteiger partial charge in [-0.25, -0.2) is 0 Å². The van der Waals surface area contributed by atoms with Crippen molar-refractivity contribution in [1.82, 2.24) is 4.57 Å². The first kappa shape index (κ1) is 21.6. The number of hydrogen-bond acceptors (Lipinski definition) is 0. The second-order valence-electron chi connectivity index (χ2n) is 8.44. The van der Waals surface area contributed by atoms with Gasteiger partial charge in [-0.15, -0.1) is 0 Å². The Morgan fingerprint density at radius 2 is 1.87 bits per heavy atom. The van der Waals surface area contributed by atoms with E-state index in [-0.39, 0.29) is 5.41 Å². The van der Waals surface area contributed by atoms with Gasteiger partial charge in [0.1, 0.15) is 0 Å². The number of fused-ring (bicyclic) bond motifs is 3. The largest absolute Gasteiger partial charge is 0.309 e. The SMILES string of the molecule is C=C/C(=C\C=C\C)n1c2c(c3ccccc31)/C=C\CC(C)(C)C(/C=C\C)=C(/C)C2=C. The molecule has 0 fully saturated rings. The van der Waals surface area contributed by atoms with Crippen molar-refractivity contribution < 1.29 is 0 Å². The Morgan fingerprint density at radius 3 is 2.53 bits per heavy atom. The highest BCUT2D eigenvalue weighted by molar-refractivity contribution is 6.01. The van der Waals surface area contributed by atoms with Crippen LogP contribution in [-0.2, 0) is 0 Å². The molecular formula is C29H33N. The molecule has 2 aromatic rings. The highest BCUT2D eigenvalue weighted by Crippen LogP contribution is 2.43. The molecule has 0 unspecified atom stereocenters. The maximum Gasteiger partial charge on any atom is 0.0610 e. The lowest BCUT2D eigenvalue weighted by molar-refractivity contribution is 0.463. The summed E-state index contributed by atoms with van der Waals surface area (Å²) >= 11 is 0. The molecule has 0 aliphatic heterocycles. The van der Waals surface area contributed by atoms with Crippen LogP contribution in [0.1, 0.15) is 52.3 Å². The summed E-state index contributed by atoms with van der Waals surface area (Å²) in [5.41, 5.74) is 8.23. The molecule has 30 heavy (non-hydrogen) atoms. The Bertz CT molecular complexity index is 1140. The average Bonchev–Trinajstić information content (AvgIpc) is 3.06. The predicted octanol–water partition coefficient (Wildman–Crippen LogP) is 8.59. The summed E-state index contributed by atoms with van der Waals surface area (Å²) in [4.78, 5) is 0. The molecule has 0 spiro atoms. The van der Waals surface area contributed by atoms with Crippen molar-refractivity contribution >= 4 is 28.2 Å². The fourth-order valence-electron chi connectivity index (χ4n) is 4.37. The number of rotatable bonds is 4. The molecule has 1 heterocycles. The maximum absolute atomic E-state index is 4.60. The van der Waals surface area contributed by atoms with Crippen molar-refractivity contribution in [3.8, 4) is 0 Å². The van der Waals surface area contributed by atoms with Crippen LogP contribution in [0.25, 0.3) is 28.2 Å². The van der Waals surface area contributed by atoms with E-state index < -0.39 is 0 Å². The summed E-state index contributed by atoms with van der Waals surface area (Å²) < 4.78 is 2.30. The van der Waals surface area contributed by atoms with E-state index in [0.717, 1.165) is 23.4 Å². The second-order valence-corrected chi connectivity index (χ2v) is 8.44. The van der Waals surface area contributed by atoms with Gasteiger partial charge in [0.15, 0.2) is 0 Å². The lowest BCUT2D eigenvalue weighted by Crippen LogP contribution is -2.14. The van der Waals surface area contributed by atoms with E-state index in [1.807, 2.05) is 19.1 Å². The van der Waals surface area contributed by atoms with Gasteiger partial charge < -0.3 is 4.57 Å². The maximum atomic E-state index is 4.60. The van der Waals surface area contributed by atoms with Gasteiger partial charge in [0, 0.05) is 16.6 Å². The van der Waals surface area contributed by atoms with Crippen molar-refractivity contribution in [3.05, 3.63) is 102 Å². The minimum absolute atomic E-state index is 0.0300. The van der Waals surface area contributed by atoms with Crippen LogP contribution in [0.2, 0.25) is 0 Å². The van der Waals surface area contributed by atoms with E-state index in [0.29, 0.717) is 0 Å². The Hall–Kier alpha value is -3.06. The van der Waals surface area contributed by atoms with E-state index in [2.05, 4.69) is 106 Å². The van der Waals surface area contributed by atoms with Gasteiger partial charge in [0.25, 0.3) is 0 Å². The van der Waals surface area contributed by atoms with Crippen LogP contribution in [0.3, 0.4) is 0 Å². The molecule has 3 rings (SSSR count). The average molecular weight is 396 g/mol. The molecule has 1 aliphatic carbocycles. The van der Waals surface area contributed by atoms with Gasteiger partial charge >= 0.3 is 0 Å². The number of hydrogen-bond donors (Lipinski definition) is 0. The lowest BCUT2D eigenvalue weighted by atomic mass is 9.77. The van der Waals surface area contributed by atoms with Gasteiger partial charge in [-0.3, -0.25) is 0 Å². The van der Waals surface area contributed by atoms with E-state index >= 15 is 0 Å². The van der Waals surface area contributed by atoms with Gasteiger partial charge in [0.2, 0.25) is 0 Å². The minimum atomic E-state index is 0.0300. The zero-order valence-corrected chi connectivity index (χ0v) is 19.0. The third-order valence-corrected chi connectivity index (χ3v) is 5.96. The van der Waals surface area contributed by atoms with Gasteiger partial charge in [-0.1, -0.05) is 81.7 Å². The molecule has 0 amide bonds. The molecule has 1 heteroatoms. The minimum Gasteiger partial charge on any atom is -0.309 e. The van der Waals surface area contributed by atoms with E-state index in [9.17, 15) is 0 Å². The highest BCUT2D eigenvalue weighted by atomic mass is 15.0. The van der Waals surface area contributed by atoms with Crippen molar-refractivity contribution in [2.75, 3.05) is 0 Å². The molecule has 1 aromatic carbocycles. The molecule has 0 N–H and O–H groups in total. The summed E-state index contributed by atoms with van der Waals surface area (Å²) in [5.74, 6) is 0. The number of nitrogens with zero attached hydrogens (tertiary/aromatic N) is 1. The Labute approximate surface area is 181 Å². The summed E-state index contributed by atoms with van der Waals surface area (Å²) in [5, 5.41) is 1.23. The van der Waals surface area contributed by atoms with Crippen molar-refractivity contribution in [2.45, 2.75) is 41.0 Å².